The van der Waals surface area contributed by atoms with Crippen molar-refractivity contribution in [3.05, 3.63) is 35.9 Å². The van der Waals surface area contributed by atoms with Crippen LogP contribution < -0.4 is 5.32 Å². The molecule has 1 aliphatic heterocycles. The lowest BCUT2D eigenvalue weighted by Gasteiger charge is -2.32. The number of carbonyl (C=O) groups is 5. The van der Waals surface area contributed by atoms with Crippen LogP contribution in [-0.2, 0) is 44.7 Å². The number of alkyl carbamates (subject to hydrolysis) is 1. The largest absolute Gasteiger partial charge is 0.467 e. The molecule has 1 N–H and O–H groups in total. The Morgan fingerprint density at radius 3 is 2.29 bits per heavy atom. The minimum atomic E-state index is -1.18. The van der Waals surface area contributed by atoms with E-state index in [4.69, 9.17) is 23.7 Å². The van der Waals surface area contributed by atoms with E-state index in [9.17, 15) is 24.0 Å². The van der Waals surface area contributed by atoms with Crippen LogP contribution in [-0.4, -0.2) is 84.1 Å². The van der Waals surface area contributed by atoms with E-state index in [-0.39, 0.29) is 18.8 Å². The van der Waals surface area contributed by atoms with Crippen molar-refractivity contribution in [1.29, 1.82) is 0 Å². The van der Waals surface area contributed by atoms with Gasteiger partial charge in [-0.05, 0) is 26.3 Å². The van der Waals surface area contributed by atoms with Crippen LogP contribution in [0.3, 0.4) is 0 Å². The van der Waals surface area contributed by atoms with Gasteiger partial charge in [0.2, 0.25) is 0 Å². The molecule has 2 amide bonds. The number of hydrogen-bond donors (Lipinski definition) is 1. The van der Waals surface area contributed by atoms with Crippen LogP contribution in [0.4, 0.5) is 9.59 Å². The smallest absolute Gasteiger partial charge is 0.412 e. The Hall–Kier alpha value is -3.48. The van der Waals surface area contributed by atoms with E-state index >= 15 is 0 Å². The molecule has 1 fully saturated rings. The second-order valence-electron chi connectivity index (χ2n) is 9.32. The van der Waals surface area contributed by atoms with Crippen LogP contribution in [0.5, 0.6) is 0 Å². The third-order valence-corrected chi connectivity index (χ3v) is 6.60. The summed E-state index contributed by atoms with van der Waals surface area (Å²) in [5, 5.41) is 1.52. The fourth-order valence-corrected chi connectivity index (χ4v) is 5.00. The Bertz CT molecular complexity index is 998. The van der Waals surface area contributed by atoms with Gasteiger partial charge in [-0.1, -0.05) is 30.3 Å². The Morgan fingerprint density at radius 2 is 1.74 bits per heavy atom. The first-order valence-electron chi connectivity index (χ1n) is 11.8. The highest BCUT2D eigenvalue weighted by molar-refractivity contribution is 8.00. The summed E-state index contributed by atoms with van der Waals surface area (Å²) in [5.41, 5.74) is -0.130. The molecule has 0 aliphatic carbocycles. The average Bonchev–Trinajstić information content (AvgIpc) is 3.21. The van der Waals surface area contributed by atoms with Gasteiger partial charge in [0.15, 0.2) is 0 Å². The van der Waals surface area contributed by atoms with Crippen molar-refractivity contribution in [2.75, 3.05) is 20.0 Å². The number of likely N-dealkylation sites (tertiary alicyclic amines) is 1. The molecule has 0 saturated carbocycles. The topological polar surface area (TPSA) is 147 Å². The highest BCUT2D eigenvalue weighted by Crippen LogP contribution is 2.36. The number of methoxy groups -OCH3 is 2. The maximum atomic E-state index is 13.1. The van der Waals surface area contributed by atoms with Crippen molar-refractivity contribution >= 4 is 41.9 Å². The number of benzene rings is 1. The molecule has 1 aliphatic rings. The summed E-state index contributed by atoms with van der Waals surface area (Å²) in [6.07, 6.45) is -2.65. The fourth-order valence-electron chi connectivity index (χ4n) is 3.62. The molecule has 38 heavy (non-hydrogen) atoms. The second kappa shape index (κ2) is 13.9. The van der Waals surface area contributed by atoms with Gasteiger partial charge in [0.05, 0.1) is 14.2 Å². The molecule has 1 heterocycles. The molecule has 13 heteroatoms. The van der Waals surface area contributed by atoms with Gasteiger partial charge in [0.1, 0.15) is 35.8 Å². The van der Waals surface area contributed by atoms with E-state index < -0.39 is 59.3 Å². The number of hydrogen-bond acceptors (Lipinski definition) is 11. The van der Waals surface area contributed by atoms with Crippen LogP contribution in [0.1, 0.15) is 39.7 Å². The molecule has 12 nitrogen and oxygen atoms in total. The van der Waals surface area contributed by atoms with E-state index in [0.29, 0.717) is 0 Å². The predicted octanol–water partition coefficient (Wildman–Crippen LogP) is 2.63. The summed E-state index contributed by atoms with van der Waals surface area (Å²) in [7, 11) is 2.34. The van der Waals surface area contributed by atoms with Gasteiger partial charge in [0, 0.05) is 19.1 Å². The second-order valence-corrected chi connectivity index (χ2v) is 10.5. The first-order valence-corrected chi connectivity index (χ1v) is 12.8. The molecule has 1 aromatic carbocycles. The van der Waals surface area contributed by atoms with E-state index in [1.807, 2.05) is 6.07 Å². The highest BCUT2D eigenvalue weighted by atomic mass is 32.2. The number of thioether (sulfide) groups is 1. The van der Waals surface area contributed by atoms with E-state index in [1.54, 1.807) is 45.0 Å². The molecular weight excluding hydrogens is 520 g/mol. The van der Waals surface area contributed by atoms with Crippen LogP contribution in [0.25, 0.3) is 0 Å². The minimum Gasteiger partial charge on any atom is -0.467 e. The highest BCUT2D eigenvalue weighted by Gasteiger charge is 2.51. The van der Waals surface area contributed by atoms with Gasteiger partial charge in [0.25, 0.3) is 0 Å². The van der Waals surface area contributed by atoms with Gasteiger partial charge in [-0.3, -0.25) is 9.69 Å². The van der Waals surface area contributed by atoms with Crippen LogP contribution >= 0.6 is 11.8 Å². The summed E-state index contributed by atoms with van der Waals surface area (Å²) in [6.45, 7) is 6.18. The van der Waals surface area contributed by atoms with E-state index in [1.165, 1.54) is 14.0 Å². The van der Waals surface area contributed by atoms with Gasteiger partial charge in [-0.25, -0.2) is 19.2 Å². The lowest BCUT2D eigenvalue weighted by atomic mass is 10.2. The minimum absolute atomic E-state index is 0.0158. The molecular formula is C25H34N2O10S. The number of amides is 2. The number of carbonyl (C=O) groups excluding carboxylic acids is 5. The number of nitrogens with one attached hydrogen (secondary N) is 1. The Kier molecular flexibility index (Phi) is 11.2. The third-order valence-electron chi connectivity index (χ3n) is 5.20. The van der Waals surface area contributed by atoms with Crippen LogP contribution in [0, 0.1) is 0 Å². The quantitative estimate of drug-likeness (QED) is 0.355. The average molecular weight is 555 g/mol. The van der Waals surface area contributed by atoms with Crippen LogP contribution in [0.15, 0.2) is 30.3 Å². The van der Waals surface area contributed by atoms with Crippen molar-refractivity contribution in [3.8, 4) is 0 Å². The summed E-state index contributed by atoms with van der Waals surface area (Å²) in [4.78, 5) is 63.4. The zero-order valence-corrected chi connectivity index (χ0v) is 23.1. The van der Waals surface area contributed by atoms with E-state index in [0.717, 1.165) is 29.3 Å². The van der Waals surface area contributed by atoms with Gasteiger partial charge < -0.3 is 29.0 Å². The molecule has 4 atom stereocenters. The molecule has 1 saturated heterocycles. The van der Waals surface area contributed by atoms with Gasteiger partial charge in [-0.2, -0.15) is 0 Å². The molecule has 0 radical (unpaired) electrons. The summed E-state index contributed by atoms with van der Waals surface area (Å²) >= 11 is 1.01. The van der Waals surface area contributed by atoms with Crippen molar-refractivity contribution in [2.24, 2.45) is 0 Å². The van der Waals surface area contributed by atoms with Crippen molar-refractivity contribution in [1.82, 2.24) is 10.2 Å². The number of ether oxygens (including phenoxy) is 5. The van der Waals surface area contributed by atoms with Crippen molar-refractivity contribution < 1.29 is 47.7 Å². The Balaban J connectivity index is 2.22. The molecule has 1 aromatic rings. The monoisotopic (exact) mass is 554 g/mol. The lowest BCUT2D eigenvalue weighted by molar-refractivity contribution is -0.148. The van der Waals surface area contributed by atoms with Crippen molar-refractivity contribution in [2.45, 2.75) is 69.9 Å². The summed E-state index contributed by atoms with van der Waals surface area (Å²) in [6, 6.07) is 6.69. The maximum absolute atomic E-state index is 13.1. The van der Waals surface area contributed by atoms with Crippen molar-refractivity contribution in [3.63, 3.8) is 0 Å². The molecule has 210 valence electrons. The zero-order valence-electron chi connectivity index (χ0n) is 22.3. The molecule has 0 bridgehead atoms. The number of rotatable bonds is 9. The SMILES string of the molecule is COC(=O)[C@@H](CS[C@H]1[C@H](OC(C)=O)C[C@@H](C(=O)OC)N1C(=O)OC(C)(C)C)NC(=O)OCc1ccccc1. The Morgan fingerprint density at radius 1 is 1.08 bits per heavy atom. The van der Waals surface area contributed by atoms with Crippen LogP contribution in [0.2, 0.25) is 0 Å². The van der Waals surface area contributed by atoms with Gasteiger partial charge in [-0.15, -0.1) is 11.8 Å². The first-order chi connectivity index (χ1) is 17.9. The fraction of sp³-hybridized carbons (Fsp3) is 0.560. The standard InChI is InChI=1S/C25H34N2O10S/c1-15(28)36-19-12-18(22(30)34-6)27(24(32)37-25(2,3)4)20(19)38-14-17(21(29)33-5)26-23(31)35-13-16-10-8-7-9-11-16/h7-11,17-20H,12-14H2,1-6H3,(H,26,31)/t17-,18+,19-,20+/m1/s1. The number of esters is 3. The zero-order chi connectivity index (χ0) is 28.5. The number of nitrogens with zero attached hydrogens (tertiary/aromatic N) is 1. The normalized spacial score (nSPS) is 19.6. The van der Waals surface area contributed by atoms with Gasteiger partial charge >= 0.3 is 30.1 Å². The maximum Gasteiger partial charge on any atom is 0.412 e. The lowest BCUT2D eigenvalue weighted by Crippen LogP contribution is -2.49. The molecule has 0 aromatic heterocycles. The molecule has 2 rings (SSSR count). The third kappa shape index (κ3) is 9.12. The molecule has 0 spiro atoms. The first kappa shape index (κ1) is 30.7. The summed E-state index contributed by atoms with van der Waals surface area (Å²) < 4.78 is 25.8. The predicted molar refractivity (Wildman–Crippen MR) is 136 cm³/mol. The summed E-state index contributed by atoms with van der Waals surface area (Å²) in [5.74, 6) is -2.21. The Labute approximate surface area is 225 Å². The molecule has 0 unspecified atom stereocenters. The van der Waals surface area contributed by atoms with E-state index in [2.05, 4.69) is 5.32 Å².